The van der Waals surface area contributed by atoms with Crippen LogP contribution in [0.1, 0.15) is 27.7 Å². The molecule has 0 rings (SSSR count). The van der Waals surface area contributed by atoms with Crippen LogP contribution in [0.5, 0.6) is 0 Å². The molecule has 0 aromatic rings. The van der Waals surface area contributed by atoms with Gasteiger partial charge in [-0.3, -0.25) is 4.79 Å². The first kappa shape index (κ1) is 8.41. The second-order valence-corrected chi connectivity index (χ2v) is 2.96. The first-order valence-corrected chi connectivity index (χ1v) is 3.06. The van der Waals surface area contributed by atoms with Crippen LogP contribution in [0, 0.1) is 5.41 Å². The number of ketones is 1. The summed E-state index contributed by atoms with van der Waals surface area (Å²) >= 11 is 0. The number of hydrogen-bond donors (Lipinski definition) is 0. The Morgan fingerprint density at radius 3 is 1.67 bits per heavy atom. The lowest BCUT2D eigenvalue weighted by atomic mass is 9.83. The number of rotatable bonds is 2. The summed E-state index contributed by atoms with van der Waals surface area (Å²) in [5.41, 5.74) is 0.593. The Morgan fingerprint density at radius 2 is 1.67 bits per heavy atom. The van der Waals surface area contributed by atoms with Crippen molar-refractivity contribution in [2.45, 2.75) is 27.7 Å². The molecule has 0 amide bonds. The Morgan fingerprint density at radius 1 is 1.33 bits per heavy atom. The molecule has 0 fully saturated rings. The van der Waals surface area contributed by atoms with Crippen molar-refractivity contribution in [3.05, 3.63) is 12.2 Å². The molecule has 0 spiro atoms. The van der Waals surface area contributed by atoms with E-state index in [0.29, 0.717) is 0 Å². The minimum Gasteiger partial charge on any atom is -0.299 e. The molecule has 1 heteroatoms. The van der Waals surface area contributed by atoms with Gasteiger partial charge in [0.15, 0.2) is 0 Å². The van der Waals surface area contributed by atoms with Crippen molar-refractivity contribution in [3.63, 3.8) is 0 Å². The monoisotopic (exact) mass is 126 g/mol. The molecule has 0 saturated heterocycles. The van der Waals surface area contributed by atoms with Crippen molar-refractivity contribution in [2.24, 2.45) is 5.41 Å². The summed E-state index contributed by atoms with van der Waals surface area (Å²) in [5.74, 6) is 0.176. The summed E-state index contributed by atoms with van der Waals surface area (Å²) in [4.78, 5) is 10.8. The third-order valence-electron chi connectivity index (χ3n) is 1.95. The molecule has 0 heterocycles. The zero-order valence-electron chi connectivity index (χ0n) is 6.62. The fourth-order valence-electron chi connectivity index (χ4n) is 0.301. The van der Waals surface area contributed by atoms with Crippen molar-refractivity contribution in [1.29, 1.82) is 0 Å². The summed E-state index contributed by atoms with van der Waals surface area (Å²) in [5, 5.41) is 0. The zero-order valence-corrected chi connectivity index (χ0v) is 6.62. The summed E-state index contributed by atoms with van der Waals surface area (Å²) in [6.07, 6.45) is 0. The van der Waals surface area contributed by atoms with E-state index in [-0.39, 0.29) is 11.2 Å². The van der Waals surface area contributed by atoms with E-state index in [0.717, 1.165) is 5.57 Å². The van der Waals surface area contributed by atoms with E-state index >= 15 is 0 Å². The minimum absolute atomic E-state index is 0.176. The first-order chi connectivity index (χ1) is 3.89. The SMILES string of the molecule is C=C(C)C(C)(C)C(C)=O. The first-order valence-electron chi connectivity index (χ1n) is 3.06. The van der Waals surface area contributed by atoms with Crippen LogP contribution in [0.25, 0.3) is 0 Å². The van der Waals surface area contributed by atoms with Gasteiger partial charge in [0, 0.05) is 5.41 Å². The summed E-state index contributed by atoms with van der Waals surface area (Å²) in [6, 6.07) is 0. The molecule has 0 aromatic carbocycles. The van der Waals surface area contributed by atoms with E-state index in [4.69, 9.17) is 0 Å². The number of carbonyl (C=O) groups excluding carboxylic acids is 1. The quantitative estimate of drug-likeness (QED) is 0.518. The van der Waals surface area contributed by atoms with Crippen LogP contribution in [0.15, 0.2) is 12.2 Å². The normalized spacial score (nSPS) is 11.1. The largest absolute Gasteiger partial charge is 0.299 e. The lowest BCUT2D eigenvalue weighted by Crippen LogP contribution is -2.21. The van der Waals surface area contributed by atoms with Crippen molar-refractivity contribution in [1.82, 2.24) is 0 Å². The van der Waals surface area contributed by atoms with E-state index in [1.807, 2.05) is 20.8 Å². The second kappa shape index (κ2) is 2.34. The van der Waals surface area contributed by atoms with E-state index in [1.165, 1.54) is 0 Å². The lowest BCUT2D eigenvalue weighted by Gasteiger charge is -2.20. The van der Waals surface area contributed by atoms with Crippen LogP contribution < -0.4 is 0 Å². The average molecular weight is 126 g/mol. The Balaban J connectivity index is 4.38. The van der Waals surface area contributed by atoms with E-state index < -0.39 is 0 Å². The van der Waals surface area contributed by atoms with Gasteiger partial charge in [-0.25, -0.2) is 0 Å². The highest BCUT2D eigenvalue weighted by atomic mass is 16.1. The van der Waals surface area contributed by atoms with Crippen molar-refractivity contribution in [3.8, 4) is 0 Å². The van der Waals surface area contributed by atoms with Crippen LogP contribution in [0.4, 0.5) is 0 Å². The van der Waals surface area contributed by atoms with Crippen LogP contribution in [0.3, 0.4) is 0 Å². The van der Waals surface area contributed by atoms with Gasteiger partial charge < -0.3 is 0 Å². The van der Waals surface area contributed by atoms with Crippen LogP contribution in [0.2, 0.25) is 0 Å². The predicted octanol–water partition coefficient (Wildman–Crippen LogP) is 2.18. The van der Waals surface area contributed by atoms with Crippen molar-refractivity contribution >= 4 is 5.78 Å². The predicted molar refractivity (Wildman–Crippen MR) is 39.3 cm³/mol. The van der Waals surface area contributed by atoms with Gasteiger partial charge in [-0.2, -0.15) is 0 Å². The van der Waals surface area contributed by atoms with E-state index in [2.05, 4.69) is 6.58 Å². The summed E-state index contributed by atoms with van der Waals surface area (Å²) in [7, 11) is 0. The fourth-order valence-corrected chi connectivity index (χ4v) is 0.301. The Labute approximate surface area is 56.8 Å². The summed E-state index contributed by atoms with van der Waals surface area (Å²) < 4.78 is 0. The molecule has 0 aliphatic heterocycles. The van der Waals surface area contributed by atoms with Gasteiger partial charge >= 0.3 is 0 Å². The molecule has 0 aromatic heterocycles. The molecule has 52 valence electrons. The average Bonchev–Trinajstić information content (AvgIpc) is 1.65. The standard InChI is InChI=1S/C8H14O/c1-6(2)8(4,5)7(3)9/h1H2,2-5H3. The highest BCUT2D eigenvalue weighted by Gasteiger charge is 2.23. The molecule has 0 unspecified atom stereocenters. The minimum atomic E-state index is -0.333. The molecular weight excluding hydrogens is 112 g/mol. The Kier molecular flexibility index (Phi) is 2.19. The maximum Gasteiger partial charge on any atom is 0.139 e. The molecule has 0 saturated carbocycles. The molecule has 0 N–H and O–H groups in total. The van der Waals surface area contributed by atoms with Crippen LogP contribution in [-0.2, 0) is 4.79 Å². The van der Waals surface area contributed by atoms with Gasteiger partial charge in [0.1, 0.15) is 5.78 Å². The van der Waals surface area contributed by atoms with Gasteiger partial charge in [0.05, 0.1) is 0 Å². The maximum absolute atomic E-state index is 10.8. The van der Waals surface area contributed by atoms with Crippen LogP contribution >= 0.6 is 0 Å². The van der Waals surface area contributed by atoms with Gasteiger partial charge in [0.2, 0.25) is 0 Å². The molecule has 0 aliphatic carbocycles. The fraction of sp³-hybridized carbons (Fsp3) is 0.625. The molecule has 0 atom stereocenters. The third kappa shape index (κ3) is 1.67. The second-order valence-electron chi connectivity index (χ2n) is 2.96. The van der Waals surface area contributed by atoms with Crippen molar-refractivity contribution in [2.75, 3.05) is 0 Å². The highest BCUT2D eigenvalue weighted by Crippen LogP contribution is 2.24. The summed E-state index contributed by atoms with van der Waals surface area (Å²) in [6.45, 7) is 11.0. The number of allylic oxidation sites excluding steroid dienone is 1. The molecule has 1 nitrogen and oxygen atoms in total. The highest BCUT2D eigenvalue weighted by molar-refractivity contribution is 5.84. The molecule has 0 aliphatic rings. The van der Waals surface area contributed by atoms with E-state index in [9.17, 15) is 4.79 Å². The third-order valence-corrected chi connectivity index (χ3v) is 1.95. The van der Waals surface area contributed by atoms with Gasteiger partial charge in [0.25, 0.3) is 0 Å². The lowest BCUT2D eigenvalue weighted by molar-refractivity contribution is -0.123. The number of hydrogen-bond acceptors (Lipinski definition) is 1. The zero-order chi connectivity index (χ0) is 7.65. The Hall–Kier alpha value is -0.590. The topological polar surface area (TPSA) is 17.1 Å². The molecular formula is C8H14O. The van der Waals surface area contributed by atoms with Gasteiger partial charge in [-0.15, -0.1) is 0 Å². The van der Waals surface area contributed by atoms with Crippen LogP contribution in [-0.4, -0.2) is 5.78 Å². The maximum atomic E-state index is 10.8. The number of carbonyl (C=O) groups is 1. The van der Waals surface area contributed by atoms with Gasteiger partial charge in [-0.05, 0) is 27.7 Å². The smallest absolute Gasteiger partial charge is 0.139 e. The number of Topliss-reactive ketones (excluding diaryl/α,β-unsaturated/α-hetero) is 1. The molecule has 0 bridgehead atoms. The van der Waals surface area contributed by atoms with Gasteiger partial charge in [-0.1, -0.05) is 12.2 Å². The van der Waals surface area contributed by atoms with Crippen molar-refractivity contribution < 1.29 is 4.79 Å². The molecule has 9 heavy (non-hydrogen) atoms. The van der Waals surface area contributed by atoms with E-state index in [1.54, 1.807) is 6.92 Å². The Bertz CT molecular complexity index is 127. The molecule has 0 radical (unpaired) electrons.